The van der Waals surface area contributed by atoms with Crippen LogP contribution in [0.3, 0.4) is 0 Å². The monoisotopic (exact) mass is 425 g/mol. The highest BCUT2D eigenvalue weighted by atomic mass is 32.2. The highest BCUT2D eigenvalue weighted by Crippen LogP contribution is 2.28. The van der Waals surface area contributed by atoms with E-state index in [1.807, 2.05) is 30.3 Å². The number of nitrogens with one attached hydrogen (secondary N) is 1. The first-order chi connectivity index (χ1) is 14.5. The molecule has 1 amide bonds. The number of hydrogen-bond donors (Lipinski definition) is 1. The van der Waals surface area contributed by atoms with Gasteiger partial charge in [0.05, 0.1) is 6.61 Å². The summed E-state index contributed by atoms with van der Waals surface area (Å²) in [6.45, 7) is 7.07. The fourth-order valence-corrected chi connectivity index (χ4v) is 3.70. The van der Waals surface area contributed by atoms with E-state index < -0.39 is 0 Å². The van der Waals surface area contributed by atoms with Crippen molar-refractivity contribution >= 4 is 23.7 Å². The first-order valence-corrected chi connectivity index (χ1v) is 11.1. The summed E-state index contributed by atoms with van der Waals surface area (Å²) in [6.07, 6.45) is 3.26. The van der Waals surface area contributed by atoms with E-state index in [1.54, 1.807) is 30.0 Å². The number of unbranched alkanes of at least 4 members (excludes halogenated alkanes) is 2. The molecule has 0 bridgehead atoms. The van der Waals surface area contributed by atoms with E-state index >= 15 is 0 Å². The average Bonchev–Trinajstić information content (AvgIpc) is 3.20. The number of carbonyl (C=O) groups excluding carboxylic acids is 1. The third kappa shape index (κ3) is 6.35. The number of carbonyl (C=O) groups is 1. The number of thioether (sulfide) groups is 1. The van der Waals surface area contributed by atoms with Gasteiger partial charge in [0.1, 0.15) is 5.75 Å². The van der Waals surface area contributed by atoms with Crippen molar-refractivity contribution in [3.63, 3.8) is 0 Å². The molecule has 1 aromatic heterocycles. The zero-order valence-electron chi connectivity index (χ0n) is 17.6. The fraction of sp³-hybridized carbons (Fsp3) is 0.348. The summed E-state index contributed by atoms with van der Waals surface area (Å²) in [5.41, 5.74) is 1.29. The molecule has 0 saturated heterocycles. The summed E-state index contributed by atoms with van der Waals surface area (Å²) in [5.74, 6) is 0.710. The number of hydrogen-bond acceptors (Lipinski definition) is 6. The summed E-state index contributed by atoms with van der Waals surface area (Å²) in [5, 5.41) is 11.2. The minimum atomic E-state index is -0.326. The molecule has 0 saturated carbocycles. The Bertz CT molecular complexity index is 972. The molecule has 0 radical (unpaired) electrons. The van der Waals surface area contributed by atoms with Crippen LogP contribution >= 0.6 is 11.8 Å². The highest BCUT2D eigenvalue weighted by molar-refractivity contribution is 7.99. The Morgan fingerprint density at radius 3 is 2.77 bits per heavy atom. The fourth-order valence-electron chi connectivity index (χ4n) is 2.80. The van der Waals surface area contributed by atoms with Crippen LogP contribution in [0.15, 0.2) is 57.8 Å². The van der Waals surface area contributed by atoms with Gasteiger partial charge in [-0.15, -0.1) is 16.9 Å². The van der Waals surface area contributed by atoms with Crippen LogP contribution in [0, 0.1) is 0 Å². The summed E-state index contributed by atoms with van der Waals surface area (Å²) >= 11 is 1.76. The van der Waals surface area contributed by atoms with Crippen molar-refractivity contribution in [2.45, 2.75) is 50.2 Å². The Kier molecular flexibility index (Phi) is 7.90. The predicted molar refractivity (Wildman–Crippen MR) is 120 cm³/mol. The third-order valence-corrected chi connectivity index (χ3v) is 5.21. The SMILES string of the molecule is CCCCCOc1cccc(C(=O)Nc2nnc(-c3cccc(SC(C)C)c3)o2)c1. The Labute approximate surface area is 181 Å². The normalized spacial score (nSPS) is 10.9. The van der Waals surface area contributed by atoms with Crippen LogP contribution in [0.25, 0.3) is 11.5 Å². The van der Waals surface area contributed by atoms with Gasteiger partial charge < -0.3 is 9.15 Å². The smallest absolute Gasteiger partial charge is 0.322 e. The zero-order valence-corrected chi connectivity index (χ0v) is 18.4. The molecule has 0 aliphatic heterocycles. The van der Waals surface area contributed by atoms with E-state index in [0.717, 1.165) is 29.7 Å². The second-order valence-corrected chi connectivity index (χ2v) is 8.79. The zero-order chi connectivity index (χ0) is 21.3. The van der Waals surface area contributed by atoms with Gasteiger partial charge in [0.2, 0.25) is 5.89 Å². The molecule has 30 heavy (non-hydrogen) atoms. The molecule has 3 rings (SSSR count). The van der Waals surface area contributed by atoms with Crippen molar-refractivity contribution < 1.29 is 13.9 Å². The van der Waals surface area contributed by atoms with Crippen LogP contribution < -0.4 is 10.1 Å². The summed E-state index contributed by atoms with van der Waals surface area (Å²) in [6, 6.07) is 15.0. The molecule has 0 unspecified atom stereocenters. The predicted octanol–water partition coefficient (Wildman–Crippen LogP) is 6.06. The lowest BCUT2D eigenvalue weighted by Gasteiger charge is -2.07. The standard InChI is InChI=1S/C23H27N3O3S/c1-4-5-6-13-28-19-11-7-9-17(14-19)21(27)24-23-26-25-22(29-23)18-10-8-12-20(15-18)30-16(2)3/h7-12,14-16H,4-6,13H2,1-3H3,(H,24,26,27). The van der Waals surface area contributed by atoms with Crippen molar-refractivity contribution in [2.24, 2.45) is 0 Å². The van der Waals surface area contributed by atoms with Gasteiger partial charge in [0.25, 0.3) is 5.91 Å². The number of rotatable bonds is 10. The quantitative estimate of drug-likeness (QED) is 0.314. The number of ether oxygens (including phenoxy) is 1. The molecular formula is C23H27N3O3S. The highest BCUT2D eigenvalue weighted by Gasteiger charge is 2.14. The summed E-state index contributed by atoms with van der Waals surface area (Å²) < 4.78 is 11.4. The molecule has 0 atom stereocenters. The van der Waals surface area contributed by atoms with Gasteiger partial charge in [-0.05, 0) is 42.8 Å². The molecule has 0 aliphatic rings. The van der Waals surface area contributed by atoms with E-state index in [2.05, 4.69) is 36.3 Å². The molecule has 7 heteroatoms. The van der Waals surface area contributed by atoms with Gasteiger partial charge in [-0.1, -0.05) is 50.8 Å². The van der Waals surface area contributed by atoms with Crippen molar-refractivity contribution in [3.8, 4) is 17.2 Å². The lowest BCUT2D eigenvalue weighted by molar-refractivity contribution is 0.102. The van der Waals surface area contributed by atoms with E-state index in [9.17, 15) is 4.79 Å². The lowest BCUT2D eigenvalue weighted by atomic mass is 10.2. The van der Waals surface area contributed by atoms with E-state index in [4.69, 9.17) is 9.15 Å². The van der Waals surface area contributed by atoms with Crippen molar-refractivity contribution in [1.82, 2.24) is 10.2 Å². The Balaban J connectivity index is 1.64. The Morgan fingerprint density at radius 2 is 1.97 bits per heavy atom. The van der Waals surface area contributed by atoms with Crippen LogP contribution in [-0.2, 0) is 0 Å². The van der Waals surface area contributed by atoms with Crippen LogP contribution in [0.2, 0.25) is 0 Å². The van der Waals surface area contributed by atoms with Crippen molar-refractivity contribution in [3.05, 3.63) is 54.1 Å². The first kappa shape index (κ1) is 21.9. The van der Waals surface area contributed by atoms with Gasteiger partial charge in [-0.25, -0.2) is 0 Å². The number of anilines is 1. The number of nitrogens with zero attached hydrogens (tertiary/aromatic N) is 2. The third-order valence-electron chi connectivity index (χ3n) is 4.21. The molecule has 1 heterocycles. The minimum Gasteiger partial charge on any atom is -0.494 e. The topological polar surface area (TPSA) is 77.2 Å². The maximum absolute atomic E-state index is 12.6. The lowest BCUT2D eigenvalue weighted by Crippen LogP contribution is -2.12. The number of aromatic nitrogens is 2. The molecule has 158 valence electrons. The molecule has 3 aromatic rings. The van der Waals surface area contributed by atoms with Gasteiger partial charge in [-0.3, -0.25) is 10.1 Å². The van der Waals surface area contributed by atoms with Crippen LogP contribution in [0.5, 0.6) is 5.75 Å². The number of amides is 1. The van der Waals surface area contributed by atoms with Crippen molar-refractivity contribution in [1.29, 1.82) is 0 Å². The molecule has 0 fully saturated rings. The first-order valence-electron chi connectivity index (χ1n) is 10.2. The number of benzene rings is 2. The Hall–Kier alpha value is -2.80. The maximum Gasteiger partial charge on any atom is 0.322 e. The van der Waals surface area contributed by atoms with E-state index in [0.29, 0.717) is 29.1 Å². The van der Waals surface area contributed by atoms with Gasteiger partial charge in [0.15, 0.2) is 0 Å². The van der Waals surface area contributed by atoms with E-state index in [-0.39, 0.29) is 11.9 Å². The second-order valence-electron chi connectivity index (χ2n) is 7.14. The van der Waals surface area contributed by atoms with Crippen LogP contribution in [-0.4, -0.2) is 28.0 Å². The van der Waals surface area contributed by atoms with Crippen LogP contribution in [0.4, 0.5) is 6.01 Å². The summed E-state index contributed by atoms with van der Waals surface area (Å²) in [7, 11) is 0. The molecular weight excluding hydrogens is 398 g/mol. The average molecular weight is 426 g/mol. The summed E-state index contributed by atoms with van der Waals surface area (Å²) in [4.78, 5) is 13.7. The van der Waals surface area contributed by atoms with Gasteiger partial charge in [0, 0.05) is 21.3 Å². The van der Waals surface area contributed by atoms with Crippen LogP contribution in [0.1, 0.15) is 50.4 Å². The second kappa shape index (κ2) is 10.8. The molecule has 6 nitrogen and oxygen atoms in total. The molecule has 0 spiro atoms. The minimum absolute atomic E-state index is 0.0613. The molecule has 2 aromatic carbocycles. The molecule has 0 aliphatic carbocycles. The maximum atomic E-state index is 12.6. The largest absolute Gasteiger partial charge is 0.494 e. The van der Waals surface area contributed by atoms with Crippen molar-refractivity contribution in [2.75, 3.05) is 11.9 Å². The van der Waals surface area contributed by atoms with Gasteiger partial charge >= 0.3 is 6.01 Å². The molecule has 1 N–H and O–H groups in total. The Morgan fingerprint density at radius 1 is 1.13 bits per heavy atom. The van der Waals surface area contributed by atoms with E-state index in [1.165, 1.54) is 0 Å². The van der Waals surface area contributed by atoms with Gasteiger partial charge in [-0.2, -0.15) is 0 Å².